The fourth-order valence-corrected chi connectivity index (χ4v) is 3.95. The molecule has 3 aromatic rings. The number of anilines is 1. The molecule has 1 amide bonds. The first-order valence-corrected chi connectivity index (χ1v) is 10.4. The van der Waals surface area contributed by atoms with Crippen LogP contribution in [-0.4, -0.2) is 30.5 Å². The van der Waals surface area contributed by atoms with Gasteiger partial charge in [-0.3, -0.25) is 9.69 Å². The van der Waals surface area contributed by atoms with Crippen molar-refractivity contribution in [2.24, 2.45) is 0 Å². The third kappa shape index (κ3) is 4.89. The van der Waals surface area contributed by atoms with E-state index in [9.17, 15) is 4.79 Å². The lowest BCUT2D eigenvalue weighted by atomic mass is 10.0. The van der Waals surface area contributed by atoms with E-state index in [1.807, 2.05) is 0 Å². The highest BCUT2D eigenvalue weighted by Crippen LogP contribution is 2.30. The number of nitrogens with zero attached hydrogens (tertiary/aromatic N) is 1. The molecular formula is C24H25ClN2O2. The number of hydrogen-bond donors (Lipinski definition) is 1. The van der Waals surface area contributed by atoms with E-state index in [4.69, 9.17) is 16.3 Å². The maximum atomic E-state index is 12.5. The number of nitrogens with one attached hydrogen (secondary N) is 1. The van der Waals surface area contributed by atoms with Crippen LogP contribution in [0.4, 0.5) is 5.69 Å². The van der Waals surface area contributed by atoms with Gasteiger partial charge < -0.3 is 10.1 Å². The molecule has 0 atom stereocenters. The number of amides is 1. The average molecular weight is 409 g/mol. The van der Waals surface area contributed by atoms with Gasteiger partial charge in [-0.15, -0.1) is 0 Å². The molecule has 4 rings (SSSR count). The van der Waals surface area contributed by atoms with Crippen LogP contribution in [0.3, 0.4) is 0 Å². The van der Waals surface area contributed by atoms with Crippen LogP contribution in [-0.2, 0) is 11.3 Å². The number of fused-ring (bicyclic) bond motifs is 1. The second-order valence-corrected chi connectivity index (χ2v) is 7.89. The van der Waals surface area contributed by atoms with Crippen molar-refractivity contribution >= 4 is 34.0 Å². The van der Waals surface area contributed by atoms with E-state index in [1.54, 1.807) is 25.3 Å². The van der Waals surface area contributed by atoms with E-state index in [1.165, 1.54) is 29.2 Å². The fourth-order valence-electron chi connectivity index (χ4n) is 3.69. The number of halogens is 1. The first kappa shape index (κ1) is 19.7. The number of ether oxygens (including phenoxy) is 1. The predicted octanol–water partition coefficient (Wildman–Crippen LogP) is 5.50. The molecule has 5 heteroatoms. The van der Waals surface area contributed by atoms with Gasteiger partial charge in [0.1, 0.15) is 5.75 Å². The molecule has 150 valence electrons. The Morgan fingerprint density at radius 3 is 2.69 bits per heavy atom. The smallest absolute Gasteiger partial charge is 0.225 e. The highest BCUT2D eigenvalue weighted by molar-refractivity contribution is 6.32. The number of hydrogen-bond acceptors (Lipinski definition) is 3. The van der Waals surface area contributed by atoms with Gasteiger partial charge in [0, 0.05) is 31.2 Å². The van der Waals surface area contributed by atoms with Crippen LogP contribution in [0.2, 0.25) is 5.02 Å². The van der Waals surface area contributed by atoms with E-state index < -0.39 is 0 Å². The topological polar surface area (TPSA) is 41.6 Å². The summed E-state index contributed by atoms with van der Waals surface area (Å²) < 4.78 is 5.15. The van der Waals surface area contributed by atoms with Crippen molar-refractivity contribution in [3.63, 3.8) is 0 Å². The lowest BCUT2D eigenvalue weighted by Gasteiger charge is -2.22. The van der Waals surface area contributed by atoms with E-state index in [2.05, 4.69) is 52.7 Å². The Bertz CT molecular complexity index is 1010. The van der Waals surface area contributed by atoms with Crippen molar-refractivity contribution in [3.8, 4) is 5.75 Å². The van der Waals surface area contributed by atoms with E-state index >= 15 is 0 Å². The summed E-state index contributed by atoms with van der Waals surface area (Å²) >= 11 is 6.14. The van der Waals surface area contributed by atoms with Gasteiger partial charge in [-0.05, 0) is 47.4 Å². The summed E-state index contributed by atoms with van der Waals surface area (Å²) in [6, 6.07) is 20.8. The van der Waals surface area contributed by atoms with Gasteiger partial charge in [0.25, 0.3) is 0 Å². The molecule has 4 nitrogen and oxygen atoms in total. The maximum absolute atomic E-state index is 12.5. The van der Waals surface area contributed by atoms with Crippen LogP contribution in [0.5, 0.6) is 5.75 Å². The van der Waals surface area contributed by atoms with Crippen LogP contribution in [0.1, 0.15) is 24.8 Å². The summed E-state index contributed by atoms with van der Waals surface area (Å²) in [5, 5.41) is 5.97. The van der Waals surface area contributed by atoms with Crippen LogP contribution in [0.15, 0.2) is 60.7 Å². The molecule has 1 aliphatic rings. The number of benzene rings is 3. The highest BCUT2D eigenvalue weighted by atomic mass is 35.5. The Balaban J connectivity index is 1.39. The summed E-state index contributed by atoms with van der Waals surface area (Å²) in [7, 11) is 1.57. The summed E-state index contributed by atoms with van der Waals surface area (Å²) in [6.07, 6.45) is 2.87. The largest absolute Gasteiger partial charge is 0.495 e. The molecule has 0 saturated heterocycles. The minimum absolute atomic E-state index is 0.00481. The molecule has 0 aliphatic heterocycles. The van der Waals surface area contributed by atoms with Gasteiger partial charge in [0.15, 0.2) is 0 Å². The van der Waals surface area contributed by atoms with E-state index in [-0.39, 0.29) is 5.91 Å². The maximum Gasteiger partial charge on any atom is 0.225 e. The van der Waals surface area contributed by atoms with Gasteiger partial charge in [-0.1, -0.05) is 54.1 Å². The number of rotatable bonds is 8. The van der Waals surface area contributed by atoms with Crippen LogP contribution in [0, 0.1) is 0 Å². The van der Waals surface area contributed by atoms with Gasteiger partial charge in [0.05, 0.1) is 12.1 Å². The zero-order valence-electron chi connectivity index (χ0n) is 16.5. The molecule has 1 N–H and O–H groups in total. The second kappa shape index (κ2) is 8.85. The lowest BCUT2D eigenvalue weighted by Crippen LogP contribution is -2.29. The first-order valence-electron chi connectivity index (χ1n) is 9.98. The summed E-state index contributed by atoms with van der Waals surface area (Å²) in [4.78, 5) is 14.9. The molecule has 0 heterocycles. The molecule has 0 aromatic heterocycles. The second-order valence-electron chi connectivity index (χ2n) is 7.49. The zero-order chi connectivity index (χ0) is 20.2. The van der Waals surface area contributed by atoms with Crippen molar-refractivity contribution in [2.75, 3.05) is 19.0 Å². The van der Waals surface area contributed by atoms with Gasteiger partial charge in [0.2, 0.25) is 5.91 Å². The lowest BCUT2D eigenvalue weighted by molar-refractivity contribution is -0.116. The van der Waals surface area contributed by atoms with Crippen molar-refractivity contribution in [1.29, 1.82) is 0 Å². The minimum Gasteiger partial charge on any atom is -0.495 e. The molecule has 0 unspecified atom stereocenters. The van der Waals surface area contributed by atoms with E-state index in [0.29, 0.717) is 28.9 Å². The number of carbonyl (C=O) groups excluding carboxylic acids is 1. The zero-order valence-corrected chi connectivity index (χ0v) is 17.3. The summed E-state index contributed by atoms with van der Waals surface area (Å²) in [6.45, 7) is 1.61. The Morgan fingerprint density at radius 1 is 1.14 bits per heavy atom. The minimum atomic E-state index is -0.00481. The Labute approximate surface area is 176 Å². The molecule has 1 aliphatic carbocycles. The third-order valence-corrected chi connectivity index (χ3v) is 5.67. The standard InChI is InChI=1S/C24H25ClN2O2/c1-29-23-12-9-19(15-22(23)25)26-24(28)13-14-27(20-10-11-20)16-18-7-4-6-17-5-2-3-8-21(17)18/h2-9,12,15,20H,10-11,13-14,16H2,1H3,(H,26,28). The van der Waals surface area contributed by atoms with Gasteiger partial charge in [-0.25, -0.2) is 0 Å². The Hall–Kier alpha value is -2.56. The molecular weight excluding hydrogens is 384 g/mol. The highest BCUT2D eigenvalue weighted by Gasteiger charge is 2.29. The van der Waals surface area contributed by atoms with Crippen LogP contribution < -0.4 is 10.1 Å². The van der Waals surface area contributed by atoms with Crippen LogP contribution in [0.25, 0.3) is 10.8 Å². The summed E-state index contributed by atoms with van der Waals surface area (Å²) in [5.74, 6) is 0.592. The molecule has 1 saturated carbocycles. The van der Waals surface area contributed by atoms with Gasteiger partial charge >= 0.3 is 0 Å². The Morgan fingerprint density at radius 2 is 1.93 bits per heavy atom. The van der Waals surface area contributed by atoms with Crippen molar-refractivity contribution in [1.82, 2.24) is 4.90 Å². The normalized spacial score (nSPS) is 13.6. The molecule has 0 bridgehead atoms. The molecule has 3 aromatic carbocycles. The van der Waals surface area contributed by atoms with Crippen molar-refractivity contribution < 1.29 is 9.53 Å². The van der Waals surface area contributed by atoms with E-state index in [0.717, 1.165) is 13.1 Å². The first-order chi connectivity index (χ1) is 14.1. The third-order valence-electron chi connectivity index (χ3n) is 5.38. The molecule has 29 heavy (non-hydrogen) atoms. The van der Waals surface area contributed by atoms with Crippen LogP contribution >= 0.6 is 11.6 Å². The molecule has 0 radical (unpaired) electrons. The SMILES string of the molecule is COc1ccc(NC(=O)CCN(Cc2cccc3ccccc23)C2CC2)cc1Cl. The molecule has 0 spiro atoms. The number of carbonyl (C=O) groups is 1. The predicted molar refractivity (Wildman–Crippen MR) is 119 cm³/mol. The van der Waals surface area contributed by atoms with Gasteiger partial charge in [-0.2, -0.15) is 0 Å². The fraction of sp³-hybridized carbons (Fsp3) is 0.292. The van der Waals surface area contributed by atoms with Crippen molar-refractivity contribution in [3.05, 3.63) is 71.2 Å². The quantitative estimate of drug-likeness (QED) is 0.535. The van der Waals surface area contributed by atoms with Crippen molar-refractivity contribution in [2.45, 2.75) is 31.8 Å². The summed E-state index contributed by atoms with van der Waals surface area (Å²) in [5.41, 5.74) is 2.00. The molecule has 1 fully saturated rings. The monoisotopic (exact) mass is 408 g/mol. The number of methoxy groups -OCH3 is 1. The average Bonchev–Trinajstić information content (AvgIpc) is 3.57. The Kier molecular flexibility index (Phi) is 6.02.